The number of methoxy groups -OCH3 is 1. The van der Waals surface area contributed by atoms with Gasteiger partial charge in [0.15, 0.2) is 10.4 Å². The molecule has 0 bridgehead atoms. The molecule has 2 aromatic heterocycles. The highest BCUT2D eigenvalue weighted by Crippen LogP contribution is 2.19. The smallest absolute Gasteiger partial charge is 0.215 e. The summed E-state index contributed by atoms with van der Waals surface area (Å²) in [6.45, 7) is 0.665. The van der Waals surface area contributed by atoms with Crippen molar-refractivity contribution >= 4 is 39.3 Å². The number of hydrogen-bond acceptors (Lipinski definition) is 3. The van der Waals surface area contributed by atoms with Crippen LogP contribution in [0.5, 0.6) is 5.88 Å². The second kappa shape index (κ2) is 5.38. The Labute approximate surface area is 129 Å². The van der Waals surface area contributed by atoms with Crippen LogP contribution in [0, 0.1) is 4.77 Å². The van der Waals surface area contributed by atoms with Crippen LogP contribution in [0.2, 0.25) is 0 Å². The van der Waals surface area contributed by atoms with Gasteiger partial charge in [-0.15, -0.1) is 0 Å². The quantitative estimate of drug-likeness (QED) is 0.729. The third-order valence-corrected chi connectivity index (χ3v) is 3.85. The van der Waals surface area contributed by atoms with Crippen molar-refractivity contribution in [3.05, 3.63) is 51.2 Å². The van der Waals surface area contributed by atoms with E-state index in [2.05, 4.69) is 38.0 Å². The Hall–Kier alpha value is -1.66. The van der Waals surface area contributed by atoms with E-state index in [-0.39, 0.29) is 0 Å². The molecule has 102 valence electrons. The largest absolute Gasteiger partial charge is 0.481 e. The van der Waals surface area contributed by atoms with Gasteiger partial charge in [-0.05, 0) is 36.0 Å². The summed E-state index contributed by atoms with van der Waals surface area (Å²) in [4.78, 5) is 7.63. The van der Waals surface area contributed by atoms with Gasteiger partial charge in [0.2, 0.25) is 5.88 Å². The summed E-state index contributed by atoms with van der Waals surface area (Å²) < 4.78 is 8.84. The van der Waals surface area contributed by atoms with Crippen LogP contribution in [0.15, 0.2) is 40.9 Å². The molecular weight excluding hydrogens is 338 g/mol. The number of H-pyrrole nitrogens is 1. The number of hydrogen-bond donors (Lipinski definition) is 1. The molecule has 0 spiro atoms. The Bertz CT molecular complexity index is 825. The molecule has 0 saturated carbocycles. The van der Waals surface area contributed by atoms with Crippen molar-refractivity contribution in [1.29, 1.82) is 0 Å². The molecule has 2 heterocycles. The van der Waals surface area contributed by atoms with Gasteiger partial charge in [0.1, 0.15) is 0 Å². The number of halogens is 1. The fourth-order valence-electron chi connectivity index (χ4n) is 2.09. The SMILES string of the molecule is COc1ccc2[nH]c(=S)n(Cc3cccc(Br)c3)c2n1. The molecule has 0 amide bonds. The van der Waals surface area contributed by atoms with Gasteiger partial charge in [-0.3, -0.25) is 4.57 Å². The first-order valence-corrected chi connectivity index (χ1v) is 7.25. The van der Waals surface area contributed by atoms with E-state index in [0.29, 0.717) is 17.2 Å². The Morgan fingerprint density at radius 1 is 1.35 bits per heavy atom. The fraction of sp³-hybridized carbons (Fsp3) is 0.143. The van der Waals surface area contributed by atoms with E-state index in [9.17, 15) is 0 Å². The van der Waals surface area contributed by atoms with Crippen LogP contribution >= 0.6 is 28.1 Å². The normalized spacial score (nSPS) is 10.9. The van der Waals surface area contributed by atoms with Crippen LogP contribution in [0.25, 0.3) is 11.2 Å². The van der Waals surface area contributed by atoms with Gasteiger partial charge in [0.25, 0.3) is 0 Å². The molecule has 1 N–H and O–H groups in total. The van der Waals surface area contributed by atoms with Crippen LogP contribution in [0.3, 0.4) is 0 Å². The number of imidazole rings is 1. The van der Waals surface area contributed by atoms with Crippen LogP contribution in [0.4, 0.5) is 0 Å². The van der Waals surface area contributed by atoms with Crippen LogP contribution in [-0.4, -0.2) is 21.6 Å². The first-order valence-electron chi connectivity index (χ1n) is 6.05. The highest BCUT2D eigenvalue weighted by molar-refractivity contribution is 9.10. The highest BCUT2D eigenvalue weighted by Gasteiger charge is 2.08. The second-order valence-corrected chi connectivity index (χ2v) is 5.67. The lowest BCUT2D eigenvalue weighted by atomic mass is 10.2. The Balaban J connectivity index is 2.10. The second-order valence-electron chi connectivity index (χ2n) is 4.37. The van der Waals surface area contributed by atoms with E-state index in [4.69, 9.17) is 17.0 Å². The number of nitrogens with zero attached hydrogens (tertiary/aromatic N) is 2. The van der Waals surface area contributed by atoms with Gasteiger partial charge in [-0.2, -0.15) is 4.98 Å². The monoisotopic (exact) mass is 349 g/mol. The third-order valence-electron chi connectivity index (χ3n) is 3.03. The number of nitrogens with one attached hydrogen (secondary N) is 1. The lowest BCUT2D eigenvalue weighted by Crippen LogP contribution is -2.01. The summed E-state index contributed by atoms with van der Waals surface area (Å²) in [5.41, 5.74) is 2.86. The Morgan fingerprint density at radius 2 is 2.20 bits per heavy atom. The fourth-order valence-corrected chi connectivity index (χ4v) is 2.80. The summed E-state index contributed by atoms with van der Waals surface area (Å²) in [6.07, 6.45) is 0. The van der Waals surface area contributed by atoms with E-state index in [1.165, 1.54) is 0 Å². The van der Waals surface area contributed by atoms with Crippen molar-refractivity contribution in [3.8, 4) is 5.88 Å². The molecule has 0 radical (unpaired) electrons. The van der Waals surface area contributed by atoms with Crippen LogP contribution in [0.1, 0.15) is 5.56 Å². The summed E-state index contributed by atoms with van der Waals surface area (Å²) >= 11 is 8.86. The molecular formula is C14H12BrN3OS. The number of aromatic nitrogens is 3. The van der Waals surface area contributed by atoms with Gasteiger partial charge in [0, 0.05) is 10.5 Å². The predicted molar refractivity (Wildman–Crippen MR) is 84.7 cm³/mol. The Morgan fingerprint density at radius 3 is 2.95 bits per heavy atom. The molecule has 20 heavy (non-hydrogen) atoms. The zero-order valence-electron chi connectivity index (χ0n) is 10.8. The summed E-state index contributed by atoms with van der Waals surface area (Å²) in [7, 11) is 1.61. The summed E-state index contributed by atoms with van der Waals surface area (Å²) in [6, 6.07) is 11.9. The maximum atomic E-state index is 5.38. The van der Waals surface area contributed by atoms with Crippen molar-refractivity contribution in [3.63, 3.8) is 0 Å². The minimum absolute atomic E-state index is 0.578. The van der Waals surface area contributed by atoms with Gasteiger partial charge >= 0.3 is 0 Å². The molecule has 1 aromatic carbocycles. The number of rotatable bonds is 3. The van der Waals surface area contributed by atoms with Crippen molar-refractivity contribution in [2.75, 3.05) is 7.11 Å². The van der Waals surface area contributed by atoms with E-state index >= 15 is 0 Å². The first-order chi connectivity index (χ1) is 9.67. The molecule has 6 heteroatoms. The predicted octanol–water partition coefficient (Wildman–Crippen LogP) is 3.91. The average molecular weight is 350 g/mol. The van der Waals surface area contributed by atoms with Crippen molar-refractivity contribution in [1.82, 2.24) is 14.5 Å². The standard InChI is InChI=1S/C14H12BrN3OS/c1-19-12-6-5-11-13(17-12)18(14(20)16-11)8-9-3-2-4-10(15)7-9/h2-7H,8H2,1H3,(H,16,20). The zero-order valence-corrected chi connectivity index (χ0v) is 13.2. The minimum atomic E-state index is 0.578. The van der Waals surface area contributed by atoms with E-state index < -0.39 is 0 Å². The summed E-state index contributed by atoms with van der Waals surface area (Å²) in [5, 5.41) is 0. The maximum absolute atomic E-state index is 5.38. The number of ether oxygens (including phenoxy) is 1. The van der Waals surface area contributed by atoms with Gasteiger partial charge < -0.3 is 9.72 Å². The third kappa shape index (κ3) is 2.48. The molecule has 0 unspecified atom stereocenters. The lowest BCUT2D eigenvalue weighted by molar-refractivity contribution is 0.399. The first kappa shape index (κ1) is 13.3. The molecule has 0 aliphatic rings. The molecule has 0 fully saturated rings. The molecule has 0 aliphatic heterocycles. The zero-order chi connectivity index (χ0) is 14.1. The maximum Gasteiger partial charge on any atom is 0.215 e. The highest BCUT2D eigenvalue weighted by atomic mass is 79.9. The van der Waals surface area contributed by atoms with Crippen molar-refractivity contribution in [2.24, 2.45) is 0 Å². The molecule has 3 aromatic rings. The number of pyridine rings is 1. The van der Waals surface area contributed by atoms with Crippen molar-refractivity contribution in [2.45, 2.75) is 6.54 Å². The van der Waals surface area contributed by atoms with E-state index in [0.717, 1.165) is 21.2 Å². The van der Waals surface area contributed by atoms with Crippen LogP contribution < -0.4 is 4.74 Å². The minimum Gasteiger partial charge on any atom is -0.481 e. The molecule has 0 aliphatic carbocycles. The van der Waals surface area contributed by atoms with Gasteiger partial charge in [-0.25, -0.2) is 0 Å². The molecule has 4 nitrogen and oxygen atoms in total. The summed E-state index contributed by atoms with van der Waals surface area (Å²) in [5.74, 6) is 0.578. The van der Waals surface area contributed by atoms with E-state index in [1.807, 2.05) is 28.8 Å². The van der Waals surface area contributed by atoms with Crippen molar-refractivity contribution < 1.29 is 4.74 Å². The Kier molecular flexibility index (Phi) is 3.58. The molecule has 0 saturated heterocycles. The number of benzene rings is 1. The number of fused-ring (bicyclic) bond motifs is 1. The lowest BCUT2D eigenvalue weighted by Gasteiger charge is -2.05. The van der Waals surface area contributed by atoms with E-state index in [1.54, 1.807) is 7.11 Å². The molecule has 0 atom stereocenters. The average Bonchev–Trinajstić information content (AvgIpc) is 2.74. The van der Waals surface area contributed by atoms with Crippen LogP contribution in [-0.2, 0) is 6.54 Å². The number of aromatic amines is 1. The van der Waals surface area contributed by atoms with Gasteiger partial charge in [0.05, 0.1) is 19.2 Å². The topological polar surface area (TPSA) is 42.8 Å². The van der Waals surface area contributed by atoms with Gasteiger partial charge in [-0.1, -0.05) is 28.1 Å². The molecule has 3 rings (SSSR count).